The molecule has 0 N–H and O–H groups in total. The van der Waals surface area contributed by atoms with Crippen molar-refractivity contribution in [3.8, 4) is 0 Å². The summed E-state index contributed by atoms with van der Waals surface area (Å²) in [6.45, 7) is 0. The maximum Gasteiger partial charge on any atom is 0.214 e. The monoisotopic (exact) mass is 355 g/mol. The largest absolute Gasteiger partial charge is 0.305 e. The molecule has 2 aromatic rings. The lowest BCUT2D eigenvalue weighted by molar-refractivity contribution is -0.107. The third kappa shape index (κ3) is 1.80. The Balaban J connectivity index is 1.97. The third-order valence-electron chi connectivity index (χ3n) is 4.72. The first kappa shape index (κ1) is 13.7. The summed E-state index contributed by atoms with van der Waals surface area (Å²) in [7, 11) is 0. The molecule has 2 aliphatic rings. The van der Waals surface area contributed by atoms with Crippen LogP contribution in [0.4, 0.5) is 5.69 Å². The molecule has 110 valence electrons. The van der Waals surface area contributed by atoms with Gasteiger partial charge in [-0.15, -0.1) is 0 Å². The van der Waals surface area contributed by atoms with Crippen molar-refractivity contribution in [2.75, 3.05) is 4.90 Å². The molecule has 0 bridgehead atoms. The van der Waals surface area contributed by atoms with E-state index in [0.29, 0.717) is 6.42 Å². The highest BCUT2D eigenvalue weighted by Crippen LogP contribution is 2.55. The molecule has 2 atom stereocenters. The average Bonchev–Trinajstić information content (AvgIpc) is 2.89. The molecule has 1 heterocycles. The molecule has 1 aliphatic heterocycles. The lowest BCUT2D eigenvalue weighted by Crippen LogP contribution is -2.26. The molecule has 4 rings (SSSR count). The smallest absolute Gasteiger partial charge is 0.214 e. The molecule has 0 saturated carbocycles. The van der Waals surface area contributed by atoms with E-state index in [4.69, 9.17) is 0 Å². The number of rotatable bonds is 2. The van der Waals surface area contributed by atoms with E-state index < -0.39 is 0 Å². The lowest BCUT2D eigenvalue weighted by atomic mass is 9.78. The van der Waals surface area contributed by atoms with Gasteiger partial charge in [0.2, 0.25) is 6.41 Å². The molecule has 0 saturated heterocycles. The first-order valence-corrected chi connectivity index (χ1v) is 8.16. The van der Waals surface area contributed by atoms with E-state index in [9.17, 15) is 9.59 Å². The Morgan fingerprint density at radius 1 is 1.14 bits per heavy atom. The van der Waals surface area contributed by atoms with E-state index in [1.54, 1.807) is 4.90 Å². The minimum Gasteiger partial charge on any atom is -0.305 e. The third-order valence-corrected chi connectivity index (χ3v) is 5.36. The molecule has 4 heteroatoms. The summed E-state index contributed by atoms with van der Waals surface area (Å²) >= 11 is 3.55. The van der Waals surface area contributed by atoms with Crippen molar-refractivity contribution >= 4 is 33.8 Å². The summed E-state index contributed by atoms with van der Waals surface area (Å²) < 4.78 is 0.872. The van der Waals surface area contributed by atoms with Crippen LogP contribution in [0.5, 0.6) is 0 Å². The van der Waals surface area contributed by atoms with Crippen LogP contribution in [0, 0.1) is 0 Å². The summed E-state index contributed by atoms with van der Waals surface area (Å²) in [5, 5.41) is 0. The summed E-state index contributed by atoms with van der Waals surface area (Å²) in [4.78, 5) is 25.8. The maximum absolute atomic E-state index is 12.2. The molecule has 1 amide bonds. The van der Waals surface area contributed by atoms with E-state index in [-0.39, 0.29) is 17.7 Å². The SMILES string of the molecule is O=CN1c2c(Br)ccc3c2C(CCC3=O)C1c1ccccc1. The number of carbonyl (C=O) groups excluding carboxylic acids is 2. The molecule has 2 unspecified atom stereocenters. The van der Waals surface area contributed by atoms with E-state index in [1.165, 1.54) is 0 Å². The predicted molar refractivity (Wildman–Crippen MR) is 88.2 cm³/mol. The number of amides is 1. The van der Waals surface area contributed by atoms with Crippen LogP contribution in [0.25, 0.3) is 0 Å². The molecular formula is C18H14BrNO2. The highest BCUT2D eigenvalue weighted by atomic mass is 79.9. The standard InChI is InChI=1S/C18H14BrNO2/c19-14-8-6-12-15(22)9-7-13-16(12)18(14)20(10-21)17(13)11-4-2-1-3-5-11/h1-6,8,10,13,17H,7,9H2. The van der Waals surface area contributed by atoms with Crippen LogP contribution in [0.3, 0.4) is 0 Å². The van der Waals surface area contributed by atoms with Gasteiger partial charge in [-0.05, 0) is 45.6 Å². The Labute approximate surface area is 137 Å². The maximum atomic E-state index is 12.2. The van der Waals surface area contributed by atoms with Crippen LogP contribution in [-0.4, -0.2) is 12.2 Å². The Morgan fingerprint density at radius 3 is 2.64 bits per heavy atom. The quantitative estimate of drug-likeness (QED) is 0.756. The number of benzene rings is 2. The van der Waals surface area contributed by atoms with Crippen LogP contribution >= 0.6 is 15.9 Å². The molecule has 3 nitrogen and oxygen atoms in total. The van der Waals surface area contributed by atoms with Gasteiger partial charge in [0.15, 0.2) is 5.78 Å². The summed E-state index contributed by atoms with van der Waals surface area (Å²) in [5.74, 6) is 0.368. The van der Waals surface area contributed by atoms with E-state index >= 15 is 0 Å². The summed E-state index contributed by atoms with van der Waals surface area (Å²) in [5.41, 5.74) is 3.79. The molecule has 0 fully saturated rings. The van der Waals surface area contributed by atoms with Crippen molar-refractivity contribution in [3.05, 3.63) is 63.6 Å². The van der Waals surface area contributed by atoms with Gasteiger partial charge in [0.25, 0.3) is 0 Å². The fourth-order valence-electron chi connectivity index (χ4n) is 3.84. The number of anilines is 1. The van der Waals surface area contributed by atoms with Crippen molar-refractivity contribution in [1.82, 2.24) is 0 Å². The second-order valence-electron chi connectivity index (χ2n) is 5.79. The van der Waals surface area contributed by atoms with Gasteiger partial charge < -0.3 is 4.90 Å². The molecule has 0 spiro atoms. The fourth-order valence-corrected chi connectivity index (χ4v) is 4.39. The van der Waals surface area contributed by atoms with Gasteiger partial charge in [-0.1, -0.05) is 30.3 Å². The minimum atomic E-state index is -0.0285. The highest BCUT2D eigenvalue weighted by molar-refractivity contribution is 9.10. The molecular weight excluding hydrogens is 342 g/mol. The number of hydrogen-bond acceptors (Lipinski definition) is 2. The van der Waals surface area contributed by atoms with Gasteiger partial charge in [-0.2, -0.15) is 0 Å². The fraction of sp³-hybridized carbons (Fsp3) is 0.222. The van der Waals surface area contributed by atoms with Gasteiger partial charge in [-0.25, -0.2) is 0 Å². The average molecular weight is 356 g/mol. The zero-order valence-electron chi connectivity index (χ0n) is 11.8. The number of nitrogens with zero attached hydrogens (tertiary/aromatic N) is 1. The molecule has 0 aromatic heterocycles. The first-order valence-electron chi connectivity index (χ1n) is 7.36. The Kier molecular flexibility index (Phi) is 3.15. The lowest BCUT2D eigenvalue weighted by Gasteiger charge is -2.27. The number of carbonyl (C=O) groups is 2. The second kappa shape index (κ2) is 5.06. The number of ketones is 1. The van der Waals surface area contributed by atoms with Crippen LogP contribution in [-0.2, 0) is 4.79 Å². The van der Waals surface area contributed by atoms with E-state index in [2.05, 4.69) is 28.1 Å². The van der Waals surface area contributed by atoms with E-state index in [1.807, 2.05) is 30.3 Å². The molecule has 0 radical (unpaired) electrons. The van der Waals surface area contributed by atoms with Gasteiger partial charge in [0, 0.05) is 22.4 Å². The Bertz CT molecular complexity index is 772. The zero-order valence-corrected chi connectivity index (χ0v) is 13.4. The van der Waals surface area contributed by atoms with Gasteiger partial charge in [-0.3, -0.25) is 9.59 Å². The van der Waals surface area contributed by atoms with Crippen molar-refractivity contribution in [3.63, 3.8) is 0 Å². The number of Topliss-reactive ketones (excluding diaryl/α,β-unsaturated/α-hetero) is 1. The number of hydrogen-bond donors (Lipinski definition) is 0. The van der Waals surface area contributed by atoms with Crippen LogP contribution in [0.2, 0.25) is 0 Å². The van der Waals surface area contributed by atoms with Crippen molar-refractivity contribution < 1.29 is 9.59 Å². The highest BCUT2D eigenvalue weighted by Gasteiger charge is 2.44. The Morgan fingerprint density at radius 2 is 1.91 bits per heavy atom. The summed E-state index contributed by atoms with van der Waals surface area (Å²) in [6, 6.07) is 13.8. The molecule has 22 heavy (non-hydrogen) atoms. The topological polar surface area (TPSA) is 37.4 Å². The molecule has 2 aromatic carbocycles. The molecule has 1 aliphatic carbocycles. The predicted octanol–water partition coefficient (Wildman–Crippen LogP) is 4.23. The van der Waals surface area contributed by atoms with E-state index in [0.717, 1.165) is 39.7 Å². The zero-order chi connectivity index (χ0) is 15.3. The van der Waals surface area contributed by atoms with Gasteiger partial charge in [0.05, 0.1) is 11.7 Å². The summed E-state index contributed by atoms with van der Waals surface area (Å²) in [6.07, 6.45) is 2.23. The Hall–Kier alpha value is -1.94. The van der Waals surface area contributed by atoms with Gasteiger partial charge in [0.1, 0.15) is 0 Å². The number of halogens is 1. The second-order valence-corrected chi connectivity index (χ2v) is 6.65. The minimum absolute atomic E-state index is 0.0285. The van der Waals surface area contributed by atoms with Gasteiger partial charge >= 0.3 is 0 Å². The van der Waals surface area contributed by atoms with Crippen LogP contribution in [0.15, 0.2) is 46.9 Å². The first-order chi connectivity index (χ1) is 10.7. The van der Waals surface area contributed by atoms with Crippen molar-refractivity contribution in [2.45, 2.75) is 24.8 Å². The van der Waals surface area contributed by atoms with Crippen molar-refractivity contribution in [1.29, 1.82) is 0 Å². The van der Waals surface area contributed by atoms with Crippen LogP contribution in [0.1, 0.15) is 46.3 Å². The van der Waals surface area contributed by atoms with Crippen molar-refractivity contribution in [2.24, 2.45) is 0 Å². The normalized spacial score (nSPS) is 22.6. The van der Waals surface area contributed by atoms with Crippen LogP contribution < -0.4 is 4.90 Å².